The van der Waals surface area contributed by atoms with Crippen LogP contribution in [0.15, 0.2) is 109 Å². The van der Waals surface area contributed by atoms with Crippen molar-refractivity contribution in [2.45, 2.75) is 111 Å². The van der Waals surface area contributed by atoms with E-state index in [0.29, 0.717) is 42.9 Å². The Kier molecular flexibility index (Phi) is 24.3. The molecule has 2 aromatic heterocycles. The van der Waals surface area contributed by atoms with Gasteiger partial charge >= 0.3 is 19.4 Å². The number of aryl methyl sites for hydroxylation is 5. The number of alkyl halides is 6. The predicted molar refractivity (Wildman–Crippen MR) is 271 cm³/mol. The van der Waals surface area contributed by atoms with E-state index in [-0.39, 0.29) is 83.8 Å². The number of benzene rings is 4. The van der Waals surface area contributed by atoms with Gasteiger partial charge in [-0.05, 0) is 96.3 Å². The molecular formula is C54H66BF6N7O5. The Labute approximate surface area is 424 Å². The van der Waals surface area contributed by atoms with Crippen LogP contribution in [0.25, 0.3) is 0 Å². The summed E-state index contributed by atoms with van der Waals surface area (Å²) in [6.07, 6.45) is -3.69. The van der Waals surface area contributed by atoms with E-state index in [0.717, 1.165) is 65.0 Å². The minimum Gasteiger partial charge on any atom is -0.437 e. The Morgan fingerprint density at radius 1 is 0.562 bits per heavy atom. The fraction of sp³-hybridized carbons (Fsp3) is 0.370. The van der Waals surface area contributed by atoms with Crippen LogP contribution in [-0.2, 0) is 86.3 Å². The highest BCUT2D eigenvalue weighted by Gasteiger charge is 2.36. The Bertz CT molecular complexity index is 2650. The first kappa shape index (κ1) is 60.8. The standard InChI is InChI=1S/C26H30BF3N4O3.C26H28F3N3O2.2CH4/c1-27(37)34(12-13-35)17-19-8-6-18(7-9-19)14-25-32-16-22(26(28,29)30)23(33-25)11-10-20-4-2-3-5-21(20)15-24(31)36;27-26(28,29)22-17-31-25(15-19-10-8-18(9-11-19)5-3-4-14-33)32-23(22)13-12-20-6-1-2-7-21(20)16-24(30)34;;/h2-9,16,35,37H,10-15,17H2,1H3,(H2,31,36);1-2,6-11,17,33H,3-5,12-16H2,(H2,30,34);2*1H4. The second-order valence-electron chi connectivity index (χ2n) is 17.1. The molecule has 0 bridgehead atoms. The molecule has 0 spiro atoms. The molecule has 2 heterocycles. The van der Waals surface area contributed by atoms with Gasteiger partial charge < -0.3 is 31.5 Å². The number of hydrogen-bond acceptors (Lipinski definition) is 10. The van der Waals surface area contributed by atoms with E-state index in [4.69, 9.17) is 21.7 Å². The minimum absolute atomic E-state index is 0. The molecule has 0 aliphatic rings. The van der Waals surface area contributed by atoms with E-state index >= 15 is 0 Å². The highest BCUT2D eigenvalue weighted by Crippen LogP contribution is 2.33. The Morgan fingerprint density at radius 2 is 0.959 bits per heavy atom. The number of nitrogens with zero attached hydrogens (tertiary/aromatic N) is 5. The molecule has 392 valence electrons. The van der Waals surface area contributed by atoms with Gasteiger partial charge in [0.2, 0.25) is 11.8 Å². The molecule has 0 radical (unpaired) electrons. The number of amides is 2. The molecule has 12 nitrogen and oxygen atoms in total. The average molecular weight is 1020 g/mol. The zero-order valence-corrected chi connectivity index (χ0v) is 39.4. The van der Waals surface area contributed by atoms with Crippen molar-refractivity contribution in [3.05, 3.63) is 188 Å². The van der Waals surface area contributed by atoms with Gasteiger partial charge in [0.1, 0.15) is 11.6 Å². The quantitative estimate of drug-likeness (QED) is 0.0236. The van der Waals surface area contributed by atoms with Crippen molar-refractivity contribution in [1.82, 2.24) is 24.7 Å². The van der Waals surface area contributed by atoms with Crippen LogP contribution in [0.1, 0.15) is 106 Å². The molecule has 0 fully saturated rings. The van der Waals surface area contributed by atoms with Crippen molar-refractivity contribution in [3.8, 4) is 0 Å². The van der Waals surface area contributed by atoms with Crippen molar-refractivity contribution in [2.24, 2.45) is 11.5 Å². The second kappa shape index (κ2) is 29.2. The Morgan fingerprint density at radius 3 is 1.33 bits per heavy atom. The number of rotatable bonds is 23. The van der Waals surface area contributed by atoms with Crippen LogP contribution < -0.4 is 11.5 Å². The predicted octanol–water partition coefficient (Wildman–Crippen LogP) is 8.29. The van der Waals surface area contributed by atoms with Crippen LogP contribution in [-0.4, -0.2) is 78.6 Å². The fourth-order valence-corrected chi connectivity index (χ4v) is 7.92. The lowest BCUT2D eigenvalue weighted by Crippen LogP contribution is -2.38. The van der Waals surface area contributed by atoms with E-state index in [2.05, 4.69) is 19.9 Å². The molecular weight excluding hydrogens is 951 g/mol. The number of aromatic nitrogens is 4. The van der Waals surface area contributed by atoms with Crippen LogP contribution in [0.3, 0.4) is 0 Å². The molecule has 0 unspecified atom stereocenters. The maximum atomic E-state index is 13.7. The van der Waals surface area contributed by atoms with Gasteiger partial charge in [-0.15, -0.1) is 0 Å². The van der Waals surface area contributed by atoms with E-state index in [9.17, 15) is 41.0 Å². The fourth-order valence-electron chi connectivity index (χ4n) is 7.92. The number of primary amides is 2. The number of carbonyl (C=O) groups is 2. The van der Waals surface area contributed by atoms with Gasteiger partial charge in [-0.3, -0.25) is 9.59 Å². The van der Waals surface area contributed by atoms with Crippen LogP contribution in [0.2, 0.25) is 6.82 Å². The number of unbranched alkanes of at least 4 members (excludes halogenated alkanes) is 1. The van der Waals surface area contributed by atoms with Crippen LogP contribution in [0.4, 0.5) is 26.3 Å². The Balaban J connectivity index is 0.000000376. The number of aliphatic hydroxyl groups is 2. The van der Waals surface area contributed by atoms with Gasteiger partial charge in [-0.1, -0.05) is 112 Å². The molecule has 0 aliphatic carbocycles. The van der Waals surface area contributed by atoms with Crippen molar-refractivity contribution < 1.29 is 51.2 Å². The third-order valence-electron chi connectivity index (χ3n) is 11.6. The summed E-state index contributed by atoms with van der Waals surface area (Å²) in [4.78, 5) is 40.9. The summed E-state index contributed by atoms with van der Waals surface area (Å²) < 4.78 is 81.8. The molecule has 19 heteroatoms. The lowest BCUT2D eigenvalue weighted by Gasteiger charge is -2.22. The number of hydrogen-bond donors (Lipinski definition) is 5. The third-order valence-corrected chi connectivity index (χ3v) is 11.6. The summed E-state index contributed by atoms with van der Waals surface area (Å²) >= 11 is 0. The van der Waals surface area contributed by atoms with Gasteiger partial charge in [0, 0.05) is 44.9 Å². The van der Waals surface area contributed by atoms with E-state index < -0.39 is 42.3 Å². The molecule has 0 aliphatic heterocycles. The highest BCUT2D eigenvalue weighted by molar-refractivity contribution is 6.45. The molecule has 0 saturated heterocycles. The number of nitrogens with two attached hydrogens (primary N) is 2. The van der Waals surface area contributed by atoms with Gasteiger partial charge in [-0.2, -0.15) is 26.3 Å². The number of halogens is 6. The average Bonchev–Trinajstić information content (AvgIpc) is 3.31. The zero-order chi connectivity index (χ0) is 51.6. The third kappa shape index (κ3) is 19.8. The van der Waals surface area contributed by atoms with Gasteiger partial charge in [0.15, 0.2) is 0 Å². The maximum Gasteiger partial charge on any atom is 0.419 e. The van der Waals surface area contributed by atoms with E-state index in [1.54, 1.807) is 60.2 Å². The molecule has 7 N–H and O–H groups in total. The maximum absolute atomic E-state index is 13.7. The number of aliphatic hydroxyl groups excluding tert-OH is 2. The largest absolute Gasteiger partial charge is 0.437 e. The molecule has 4 aromatic carbocycles. The topological polar surface area (TPSA) is 202 Å². The van der Waals surface area contributed by atoms with Gasteiger partial charge in [0.25, 0.3) is 0 Å². The first-order valence-electron chi connectivity index (χ1n) is 23.2. The molecule has 2 amide bonds. The normalized spacial score (nSPS) is 11.3. The van der Waals surface area contributed by atoms with Crippen molar-refractivity contribution in [3.63, 3.8) is 0 Å². The Hall–Kier alpha value is -6.54. The number of carbonyl (C=O) groups excluding carboxylic acids is 2. The monoisotopic (exact) mass is 1020 g/mol. The molecule has 0 atom stereocenters. The molecule has 6 rings (SSSR count). The lowest BCUT2D eigenvalue weighted by molar-refractivity contribution is -0.139. The lowest BCUT2D eigenvalue weighted by atomic mass is 9.84. The summed E-state index contributed by atoms with van der Waals surface area (Å²) in [5, 5.41) is 27.9. The van der Waals surface area contributed by atoms with Crippen molar-refractivity contribution in [2.75, 3.05) is 19.8 Å². The highest BCUT2D eigenvalue weighted by atomic mass is 19.4. The minimum atomic E-state index is -4.59. The zero-order valence-electron chi connectivity index (χ0n) is 39.4. The first-order valence-corrected chi connectivity index (χ1v) is 23.2. The van der Waals surface area contributed by atoms with E-state index in [1.165, 1.54) is 0 Å². The SMILES string of the molecule is C.C.CB(O)N(CCO)Cc1ccc(Cc2ncc(C(F)(F)F)c(CCc3ccccc3CC(N)=O)n2)cc1.NC(=O)Cc1ccccc1CCc1nc(Cc2ccc(CCCCO)cc2)ncc1C(F)(F)F. The molecule has 6 aromatic rings. The van der Waals surface area contributed by atoms with Gasteiger partial charge in [-0.25, -0.2) is 19.9 Å². The van der Waals surface area contributed by atoms with Gasteiger partial charge in [0.05, 0.1) is 42.0 Å². The summed E-state index contributed by atoms with van der Waals surface area (Å²) in [5.74, 6) is -0.411. The second-order valence-corrected chi connectivity index (χ2v) is 17.1. The van der Waals surface area contributed by atoms with Crippen molar-refractivity contribution >= 4 is 18.9 Å². The molecule has 73 heavy (non-hydrogen) atoms. The summed E-state index contributed by atoms with van der Waals surface area (Å²) in [5.41, 5.74) is 15.4. The van der Waals surface area contributed by atoms with Crippen molar-refractivity contribution in [1.29, 1.82) is 0 Å². The van der Waals surface area contributed by atoms with Crippen LogP contribution in [0, 0.1) is 0 Å². The van der Waals surface area contributed by atoms with Crippen LogP contribution in [0.5, 0.6) is 0 Å². The smallest absolute Gasteiger partial charge is 0.419 e. The summed E-state index contributed by atoms with van der Waals surface area (Å²) in [7, 11) is -0.714. The molecule has 0 saturated carbocycles. The first-order chi connectivity index (χ1) is 33.8. The van der Waals surface area contributed by atoms with Crippen LogP contribution >= 0.6 is 0 Å². The van der Waals surface area contributed by atoms with E-state index in [1.807, 2.05) is 48.5 Å². The summed E-state index contributed by atoms with van der Waals surface area (Å²) in [6.45, 7) is 2.49. The summed E-state index contributed by atoms with van der Waals surface area (Å²) in [6, 6.07) is 29.3.